The fraction of sp³-hybridized carbons (Fsp3) is 0.0750. The van der Waals surface area contributed by atoms with Crippen molar-refractivity contribution >= 4 is 58.7 Å². The molecule has 0 saturated heterocycles. The number of amides is 4. The van der Waals surface area contributed by atoms with E-state index in [1.807, 2.05) is 97.9 Å². The minimum atomic E-state index is -0.655. The van der Waals surface area contributed by atoms with Crippen LogP contribution in [0.5, 0.6) is 0 Å². The zero-order valence-corrected chi connectivity index (χ0v) is 27.9. The maximum atomic E-state index is 13.7. The summed E-state index contributed by atoms with van der Waals surface area (Å²) in [4.78, 5) is 53.7. The minimum absolute atomic E-state index is 0.0206. The summed E-state index contributed by atoms with van der Waals surface area (Å²) in [6.07, 6.45) is 1.63. The first-order valence-electron chi connectivity index (χ1n) is 15.9. The number of benzene rings is 5. The normalized spacial score (nSPS) is 13.3. The largest absolute Gasteiger partial charge is 0.321 e. The van der Waals surface area contributed by atoms with Gasteiger partial charge in [-0.1, -0.05) is 91.0 Å². The molecule has 9 nitrogen and oxygen atoms in total. The van der Waals surface area contributed by atoms with Crippen molar-refractivity contribution < 1.29 is 19.2 Å². The summed E-state index contributed by atoms with van der Waals surface area (Å²) in [5, 5.41) is 13.5. The third-order valence-corrected chi connectivity index (χ3v) is 9.03. The number of nitrogens with zero attached hydrogens (tertiary/aromatic N) is 2. The van der Waals surface area contributed by atoms with E-state index in [0.717, 1.165) is 21.6 Å². The van der Waals surface area contributed by atoms with Crippen LogP contribution in [0.15, 0.2) is 155 Å². The number of rotatable bonds is 10. The molecule has 0 saturated carbocycles. The number of thioether (sulfide) groups is 1. The highest BCUT2D eigenvalue weighted by Gasteiger charge is 2.29. The molecular weight excluding hydrogens is 647 g/mol. The highest BCUT2D eigenvalue weighted by molar-refractivity contribution is 8.00. The number of carbonyl (C=O) groups excluding carboxylic acids is 4. The second-order valence-electron chi connectivity index (χ2n) is 11.4. The second kappa shape index (κ2) is 15.8. The van der Waals surface area contributed by atoms with Crippen molar-refractivity contribution in [3.8, 4) is 0 Å². The molecule has 0 bridgehead atoms. The lowest BCUT2D eigenvalue weighted by Crippen LogP contribution is -2.33. The van der Waals surface area contributed by atoms with Crippen molar-refractivity contribution in [2.75, 3.05) is 10.3 Å². The van der Waals surface area contributed by atoms with E-state index < -0.39 is 17.1 Å². The third kappa shape index (κ3) is 8.41. The van der Waals surface area contributed by atoms with Crippen molar-refractivity contribution in [2.45, 2.75) is 23.5 Å². The molecule has 10 heteroatoms. The molecule has 4 amide bonds. The van der Waals surface area contributed by atoms with Gasteiger partial charge in [0.1, 0.15) is 16.8 Å². The Morgan fingerprint density at radius 3 is 2.06 bits per heavy atom. The average molecular weight is 680 g/mol. The van der Waals surface area contributed by atoms with Gasteiger partial charge in [-0.05, 0) is 78.2 Å². The first kappa shape index (κ1) is 33.6. The standard InChI is InChI=1S/C40H33N5O4S/c1-27-13-11-12-18-30(27)25-34(42-38(47)29-16-7-3-8-17-29)39(48)41-31-21-23-33(24-22-31)50-37(28-14-5-2-6-15-28)40(49)43-35-26-36(46)45(44-35)32-19-9-4-10-20-32/h2-25,37H,26H2,1H3,(H,41,48)(H,42,47)(H,43,44,49)/b34-25-. The fourth-order valence-electron chi connectivity index (χ4n) is 5.18. The number of carbonyl (C=O) groups is 4. The summed E-state index contributed by atoms with van der Waals surface area (Å²) in [7, 11) is 0. The summed E-state index contributed by atoms with van der Waals surface area (Å²) in [6, 6.07) is 41.8. The van der Waals surface area contributed by atoms with E-state index >= 15 is 0 Å². The molecule has 0 aromatic heterocycles. The van der Waals surface area contributed by atoms with E-state index in [1.54, 1.807) is 54.6 Å². The molecule has 50 heavy (non-hydrogen) atoms. The Hall–Kier alpha value is -6.26. The molecule has 1 heterocycles. The molecule has 5 aromatic carbocycles. The van der Waals surface area contributed by atoms with E-state index in [1.165, 1.54) is 16.8 Å². The van der Waals surface area contributed by atoms with Crippen molar-refractivity contribution in [1.29, 1.82) is 0 Å². The van der Waals surface area contributed by atoms with Crippen molar-refractivity contribution in [1.82, 2.24) is 10.6 Å². The maximum absolute atomic E-state index is 13.7. The van der Waals surface area contributed by atoms with Crippen LogP contribution < -0.4 is 21.0 Å². The molecule has 1 atom stereocenters. The summed E-state index contributed by atoms with van der Waals surface area (Å²) >= 11 is 1.33. The number of para-hydroxylation sites is 1. The Labute approximate surface area is 294 Å². The van der Waals surface area contributed by atoms with Crippen LogP contribution in [0.3, 0.4) is 0 Å². The Morgan fingerprint density at radius 2 is 1.38 bits per heavy atom. The minimum Gasteiger partial charge on any atom is -0.321 e. The number of amidine groups is 1. The number of aryl methyl sites for hydroxylation is 1. The lowest BCUT2D eigenvalue weighted by molar-refractivity contribution is -0.119. The first-order valence-corrected chi connectivity index (χ1v) is 16.7. The van der Waals surface area contributed by atoms with Crippen LogP contribution in [-0.4, -0.2) is 29.5 Å². The van der Waals surface area contributed by atoms with Gasteiger partial charge in [0, 0.05) is 16.1 Å². The maximum Gasteiger partial charge on any atom is 0.272 e. The van der Waals surface area contributed by atoms with Gasteiger partial charge in [0.25, 0.3) is 17.7 Å². The summed E-state index contributed by atoms with van der Waals surface area (Å²) < 4.78 is 0. The number of nitrogens with one attached hydrogen (secondary N) is 3. The van der Waals surface area contributed by atoms with Crippen LogP contribution in [0.25, 0.3) is 6.08 Å². The van der Waals surface area contributed by atoms with Crippen LogP contribution >= 0.6 is 11.8 Å². The predicted octanol–water partition coefficient (Wildman–Crippen LogP) is 7.10. The van der Waals surface area contributed by atoms with Gasteiger partial charge in [-0.3, -0.25) is 19.2 Å². The molecule has 6 rings (SSSR count). The summed E-state index contributed by atoms with van der Waals surface area (Å²) in [5.41, 5.74) is 4.16. The summed E-state index contributed by atoms with van der Waals surface area (Å²) in [6.45, 7) is 1.93. The average Bonchev–Trinajstić information content (AvgIpc) is 3.52. The molecule has 1 unspecified atom stereocenters. The molecule has 0 radical (unpaired) electrons. The Kier molecular flexibility index (Phi) is 10.6. The molecular formula is C40H33N5O4S. The van der Waals surface area contributed by atoms with Gasteiger partial charge in [-0.2, -0.15) is 10.1 Å². The van der Waals surface area contributed by atoms with Crippen LogP contribution in [0, 0.1) is 6.92 Å². The van der Waals surface area contributed by atoms with E-state index in [2.05, 4.69) is 21.1 Å². The Bertz CT molecular complexity index is 2070. The number of anilines is 2. The molecule has 5 aromatic rings. The van der Waals surface area contributed by atoms with Crippen LogP contribution in [0.2, 0.25) is 0 Å². The van der Waals surface area contributed by atoms with Gasteiger partial charge in [-0.25, -0.2) is 0 Å². The van der Waals surface area contributed by atoms with Gasteiger partial charge in [-0.15, -0.1) is 11.8 Å². The third-order valence-electron chi connectivity index (χ3n) is 7.77. The van der Waals surface area contributed by atoms with Crippen LogP contribution in [0.4, 0.5) is 11.4 Å². The van der Waals surface area contributed by atoms with Gasteiger partial charge < -0.3 is 16.0 Å². The molecule has 1 aliphatic heterocycles. The molecule has 0 fully saturated rings. The van der Waals surface area contributed by atoms with Crippen molar-refractivity contribution in [3.63, 3.8) is 0 Å². The first-order chi connectivity index (χ1) is 24.3. The zero-order chi connectivity index (χ0) is 34.9. The van der Waals surface area contributed by atoms with E-state index in [-0.39, 0.29) is 29.8 Å². The molecule has 3 N–H and O–H groups in total. The van der Waals surface area contributed by atoms with Crippen molar-refractivity contribution in [3.05, 3.63) is 167 Å². The lowest BCUT2D eigenvalue weighted by atomic mass is 10.1. The van der Waals surface area contributed by atoms with Gasteiger partial charge in [0.2, 0.25) is 5.91 Å². The van der Waals surface area contributed by atoms with Crippen LogP contribution in [0.1, 0.15) is 38.7 Å². The molecule has 0 aliphatic carbocycles. The summed E-state index contributed by atoms with van der Waals surface area (Å²) in [5.74, 6) is -1.17. The Morgan fingerprint density at radius 1 is 0.760 bits per heavy atom. The van der Waals surface area contributed by atoms with Gasteiger partial charge >= 0.3 is 0 Å². The van der Waals surface area contributed by atoms with Gasteiger partial charge in [0.15, 0.2) is 0 Å². The molecule has 1 aliphatic rings. The highest BCUT2D eigenvalue weighted by Crippen LogP contribution is 2.36. The lowest BCUT2D eigenvalue weighted by Gasteiger charge is -2.17. The quantitative estimate of drug-likeness (QED) is 0.107. The second-order valence-corrected chi connectivity index (χ2v) is 12.6. The number of hydrogen-bond acceptors (Lipinski definition) is 6. The van der Waals surface area contributed by atoms with Gasteiger partial charge in [0.05, 0.1) is 12.1 Å². The Balaban J connectivity index is 1.17. The molecule has 248 valence electrons. The SMILES string of the molecule is Cc1ccccc1/C=C(\NC(=O)c1ccccc1)C(=O)Nc1ccc(SC(C(=O)NC2=NN(c3ccccc3)C(=O)C2)c2ccccc2)cc1. The molecule has 0 spiro atoms. The highest BCUT2D eigenvalue weighted by atomic mass is 32.2. The monoisotopic (exact) mass is 679 g/mol. The van der Waals surface area contributed by atoms with E-state index in [9.17, 15) is 19.2 Å². The number of hydrogen-bond donors (Lipinski definition) is 3. The number of hydrazone groups is 1. The zero-order valence-electron chi connectivity index (χ0n) is 27.1. The fourth-order valence-corrected chi connectivity index (χ4v) is 6.20. The van der Waals surface area contributed by atoms with E-state index in [4.69, 9.17) is 0 Å². The van der Waals surface area contributed by atoms with E-state index in [0.29, 0.717) is 16.9 Å². The predicted molar refractivity (Wildman–Crippen MR) is 197 cm³/mol. The van der Waals surface area contributed by atoms with Crippen LogP contribution in [-0.2, 0) is 14.4 Å². The van der Waals surface area contributed by atoms with Crippen molar-refractivity contribution in [2.24, 2.45) is 5.10 Å². The smallest absolute Gasteiger partial charge is 0.272 e. The topological polar surface area (TPSA) is 120 Å².